The van der Waals surface area contributed by atoms with Gasteiger partial charge in [0.05, 0.1) is 19.9 Å². The molecule has 0 saturated carbocycles. The maximum atomic E-state index is 5.98. The number of hydrogen-bond donors (Lipinski definition) is 1. The van der Waals surface area contributed by atoms with Crippen LogP contribution in [-0.4, -0.2) is 34.8 Å². The minimum Gasteiger partial charge on any atom is -0.493 e. The highest BCUT2D eigenvalue weighted by molar-refractivity contribution is 7.71. The van der Waals surface area contributed by atoms with Gasteiger partial charge in [0.2, 0.25) is 4.77 Å². The van der Waals surface area contributed by atoms with Crippen molar-refractivity contribution in [3.05, 3.63) is 63.7 Å². The molecule has 7 nitrogen and oxygen atoms in total. The largest absolute Gasteiger partial charge is 0.493 e. The molecule has 1 heterocycles. The predicted octanol–water partition coefficient (Wildman–Crippen LogP) is 4.43. The van der Waals surface area contributed by atoms with E-state index < -0.39 is 0 Å². The van der Waals surface area contributed by atoms with E-state index in [2.05, 4.69) is 15.3 Å². The molecule has 1 aromatic heterocycles. The number of aromatic amines is 1. The average molecular weight is 413 g/mol. The Morgan fingerprint density at radius 1 is 1.14 bits per heavy atom. The Balaban J connectivity index is 1.81. The van der Waals surface area contributed by atoms with E-state index >= 15 is 0 Å². The van der Waals surface area contributed by atoms with Gasteiger partial charge in [0.15, 0.2) is 17.3 Å². The Morgan fingerprint density at radius 3 is 2.59 bits per heavy atom. The molecule has 3 rings (SSSR count). The number of nitrogens with zero attached hydrogens (tertiary/aromatic N) is 3. The van der Waals surface area contributed by atoms with Crippen LogP contribution in [0.4, 0.5) is 0 Å². The second-order valence-corrected chi connectivity index (χ2v) is 6.74. The van der Waals surface area contributed by atoms with Crippen LogP contribution in [0.5, 0.6) is 17.2 Å². The van der Waals surface area contributed by atoms with E-state index in [0.717, 1.165) is 22.4 Å². The zero-order chi connectivity index (χ0) is 20.8. The Morgan fingerprint density at radius 2 is 1.90 bits per heavy atom. The minimum atomic E-state index is 0.239. The third-order valence-electron chi connectivity index (χ3n) is 4.28. The summed E-state index contributed by atoms with van der Waals surface area (Å²) < 4.78 is 18.8. The number of para-hydroxylation sites is 1. The Hall–Kier alpha value is -3.13. The lowest BCUT2D eigenvalue weighted by Crippen LogP contribution is -2.05. The molecule has 152 valence electrons. The first-order chi connectivity index (χ1) is 14.0. The molecule has 0 unspecified atom stereocenters. The molecule has 8 heteroatoms. The van der Waals surface area contributed by atoms with Gasteiger partial charge in [-0.25, -0.2) is 5.10 Å². The maximum absolute atomic E-state index is 5.98. The summed E-state index contributed by atoms with van der Waals surface area (Å²) in [6.07, 6.45) is 1.69. The number of hydrogen-bond acceptors (Lipinski definition) is 6. The Bertz CT molecular complexity index is 1050. The fourth-order valence-electron chi connectivity index (χ4n) is 2.87. The van der Waals surface area contributed by atoms with Gasteiger partial charge in [-0.1, -0.05) is 18.2 Å². The van der Waals surface area contributed by atoms with Crippen LogP contribution < -0.4 is 14.2 Å². The monoisotopic (exact) mass is 412 g/mol. The summed E-state index contributed by atoms with van der Waals surface area (Å²) >= 11 is 5.31. The van der Waals surface area contributed by atoms with Gasteiger partial charge in [-0.2, -0.15) is 14.9 Å². The second kappa shape index (κ2) is 9.38. The summed E-state index contributed by atoms with van der Waals surface area (Å²) in [5.74, 6) is 2.75. The van der Waals surface area contributed by atoms with E-state index in [9.17, 15) is 0 Å². The van der Waals surface area contributed by atoms with Crippen molar-refractivity contribution in [2.45, 2.75) is 27.4 Å². The van der Waals surface area contributed by atoms with Gasteiger partial charge in [0, 0.05) is 0 Å². The molecule has 3 aromatic rings. The average Bonchev–Trinajstić information content (AvgIpc) is 3.06. The van der Waals surface area contributed by atoms with Crippen LogP contribution >= 0.6 is 12.2 Å². The van der Waals surface area contributed by atoms with Crippen molar-refractivity contribution in [3.8, 4) is 17.2 Å². The van der Waals surface area contributed by atoms with Crippen LogP contribution in [0.3, 0.4) is 0 Å². The van der Waals surface area contributed by atoms with E-state index in [1.165, 1.54) is 0 Å². The number of aryl methyl sites for hydroxylation is 2. The standard InChI is InChI=1S/C21H24N4O3S/c1-5-27-18-11-16(9-10-17(18)26-4)12-22-25-19(23-24-21(25)29)13-28-20-14(2)7-6-8-15(20)3/h6-12H,5,13H2,1-4H3,(H,24,29)/b22-12-. The molecule has 0 spiro atoms. The molecule has 0 atom stereocenters. The number of ether oxygens (including phenoxy) is 3. The Labute approximate surface area is 174 Å². The smallest absolute Gasteiger partial charge is 0.216 e. The number of rotatable bonds is 8. The zero-order valence-corrected chi connectivity index (χ0v) is 17.7. The van der Waals surface area contributed by atoms with Crippen molar-refractivity contribution < 1.29 is 14.2 Å². The van der Waals surface area contributed by atoms with Gasteiger partial charge >= 0.3 is 0 Å². The van der Waals surface area contributed by atoms with Gasteiger partial charge in [-0.15, -0.1) is 0 Å². The van der Waals surface area contributed by atoms with E-state index in [1.807, 2.05) is 57.2 Å². The summed E-state index contributed by atoms with van der Waals surface area (Å²) in [7, 11) is 1.61. The molecule has 0 amide bonds. The van der Waals surface area contributed by atoms with Gasteiger partial charge in [-0.05, 0) is 67.9 Å². The SMILES string of the molecule is CCOc1cc(/C=N\n2c(COc3c(C)cccc3C)n[nH]c2=S)ccc1OC. The van der Waals surface area contributed by atoms with E-state index in [-0.39, 0.29) is 6.61 Å². The number of nitrogens with one attached hydrogen (secondary N) is 1. The third kappa shape index (κ3) is 4.83. The molecule has 0 aliphatic rings. The van der Waals surface area contributed by atoms with Crippen molar-refractivity contribution in [1.29, 1.82) is 0 Å². The van der Waals surface area contributed by atoms with Crippen LogP contribution in [0.1, 0.15) is 29.4 Å². The zero-order valence-electron chi connectivity index (χ0n) is 16.9. The highest BCUT2D eigenvalue weighted by atomic mass is 32.1. The third-order valence-corrected chi connectivity index (χ3v) is 4.55. The van der Waals surface area contributed by atoms with E-state index in [1.54, 1.807) is 18.0 Å². The van der Waals surface area contributed by atoms with Crippen LogP contribution in [-0.2, 0) is 6.61 Å². The summed E-state index contributed by atoms with van der Waals surface area (Å²) in [6.45, 7) is 6.73. The first-order valence-corrected chi connectivity index (χ1v) is 9.64. The molecular weight excluding hydrogens is 388 g/mol. The van der Waals surface area contributed by atoms with Crippen molar-refractivity contribution in [2.24, 2.45) is 5.10 Å². The first-order valence-electron chi connectivity index (χ1n) is 9.24. The lowest BCUT2D eigenvalue weighted by atomic mass is 10.1. The molecule has 0 aliphatic heterocycles. The molecule has 0 radical (unpaired) electrons. The lowest BCUT2D eigenvalue weighted by Gasteiger charge is -2.11. The summed E-state index contributed by atoms with van der Waals surface area (Å²) in [5, 5.41) is 11.5. The highest BCUT2D eigenvalue weighted by Crippen LogP contribution is 2.27. The van der Waals surface area contributed by atoms with Gasteiger partial charge in [0.1, 0.15) is 12.4 Å². The van der Waals surface area contributed by atoms with E-state index in [0.29, 0.717) is 28.7 Å². The molecular formula is C21H24N4O3S. The molecule has 2 aromatic carbocycles. The van der Waals surface area contributed by atoms with Crippen molar-refractivity contribution in [2.75, 3.05) is 13.7 Å². The van der Waals surface area contributed by atoms with E-state index in [4.69, 9.17) is 26.4 Å². The van der Waals surface area contributed by atoms with Crippen LogP contribution in [0.2, 0.25) is 0 Å². The van der Waals surface area contributed by atoms with Gasteiger partial charge in [0.25, 0.3) is 0 Å². The van der Waals surface area contributed by atoms with Crippen LogP contribution in [0, 0.1) is 18.6 Å². The quantitative estimate of drug-likeness (QED) is 0.438. The molecule has 0 aliphatic carbocycles. The van der Waals surface area contributed by atoms with Gasteiger partial charge in [-0.3, -0.25) is 0 Å². The lowest BCUT2D eigenvalue weighted by molar-refractivity contribution is 0.287. The molecule has 1 N–H and O–H groups in total. The minimum absolute atomic E-state index is 0.239. The summed E-state index contributed by atoms with van der Waals surface area (Å²) in [5.41, 5.74) is 2.98. The molecule has 0 fully saturated rings. The molecule has 29 heavy (non-hydrogen) atoms. The topological polar surface area (TPSA) is 73.7 Å². The fourth-order valence-corrected chi connectivity index (χ4v) is 3.06. The second-order valence-electron chi connectivity index (χ2n) is 6.35. The van der Waals surface area contributed by atoms with Crippen molar-refractivity contribution >= 4 is 18.4 Å². The van der Waals surface area contributed by atoms with Crippen LogP contribution in [0.15, 0.2) is 41.5 Å². The maximum Gasteiger partial charge on any atom is 0.216 e. The summed E-state index contributed by atoms with van der Waals surface area (Å²) in [6, 6.07) is 11.6. The van der Waals surface area contributed by atoms with Gasteiger partial charge < -0.3 is 14.2 Å². The Kier molecular flexibility index (Phi) is 6.66. The fraction of sp³-hybridized carbons (Fsp3) is 0.286. The normalized spacial score (nSPS) is 11.0. The first kappa shape index (κ1) is 20.6. The predicted molar refractivity (Wildman–Crippen MR) is 115 cm³/mol. The number of H-pyrrole nitrogens is 1. The summed E-state index contributed by atoms with van der Waals surface area (Å²) in [4.78, 5) is 0. The number of methoxy groups -OCH3 is 1. The van der Waals surface area contributed by atoms with Crippen LogP contribution in [0.25, 0.3) is 0 Å². The highest BCUT2D eigenvalue weighted by Gasteiger charge is 2.10. The molecule has 0 bridgehead atoms. The van der Waals surface area contributed by atoms with Crippen molar-refractivity contribution in [1.82, 2.24) is 14.9 Å². The molecule has 0 saturated heterocycles. The number of aromatic nitrogens is 3. The number of benzene rings is 2. The van der Waals surface area contributed by atoms with Crippen molar-refractivity contribution in [3.63, 3.8) is 0 Å².